The minimum absolute atomic E-state index is 0.261. The smallest absolute Gasteiger partial charge is 0.223 e. The number of halogens is 1. The van der Waals surface area contributed by atoms with Crippen molar-refractivity contribution in [2.45, 2.75) is 0 Å². The van der Waals surface area contributed by atoms with E-state index in [9.17, 15) is 0 Å². The summed E-state index contributed by atoms with van der Waals surface area (Å²) in [5, 5.41) is 2.65. The minimum Gasteiger partial charge on any atom is -0.309 e. The van der Waals surface area contributed by atoms with Gasteiger partial charge in [-0.05, 0) is 53.6 Å². The molecule has 0 aliphatic heterocycles. The van der Waals surface area contributed by atoms with Crippen LogP contribution in [-0.2, 0) is 0 Å². The molecule has 0 unspecified atom stereocenters. The molecule has 4 aromatic carbocycles. The molecular formula is C30H18ClN3S. The summed E-state index contributed by atoms with van der Waals surface area (Å²) in [5.41, 5.74) is 7.42. The first-order valence-corrected chi connectivity index (χ1v) is 12.6. The second kappa shape index (κ2) is 8.05. The Morgan fingerprint density at radius 3 is 2.17 bits per heavy atom. The molecule has 7 rings (SSSR count). The number of fused-ring (bicyclic) bond motifs is 4. The lowest BCUT2D eigenvalue weighted by Crippen LogP contribution is -1.93. The number of para-hydroxylation sites is 2. The summed E-state index contributed by atoms with van der Waals surface area (Å²) in [7, 11) is 0. The summed E-state index contributed by atoms with van der Waals surface area (Å²) in [4.78, 5) is 10.4. The molecule has 7 aromatic rings. The number of rotatable bonds is 3. The van der Waals surface area contributed by atoms with Gasteiger partial charge in [0.05, 0.1) is 26.9 Å². The molecule has 0 amide bonds. The second-order valence-corrected chi connectivity index (χ2v) is 9.84. The van der Waals surface area contributed by atoms with E-state index in [4.69, 9.17) is 11.6 Å². The molecule has 35 heavy (non-hydrogen) atoms. The number of nitrogens with zero attached hydrogens (tertiary/aromatic N) is 3. The summed E-state index contributed by atoms with van der Waals surface area (Å²) in [6.45, 7) is 0. The van der Waals surface area contributed by atoms with E-state index in [1.165, 1.54) is 21.9 Å². The van der Waals surface area contributed by atoms with Gasteiger partial charge in [0.25, 0.3) is 0 Å². The SMILES string of the molecule is Clc1nc(-c2ccc3c(c2)c2ccccc2n3-c2ccccc2)c2sc(-c3ccccc3)cc2n1. The van der Waals surface area contributed by atoms with Crippen LogP contribution in [0.25, 0.3) is 59.4 Å². The normalized spacial score (nSPS) is 11.6. The summed E-state index contributed by atoms with van der Waals surface area (Å²) in [6.07, 6.45) is 0. The van der Waals surface area contributed by atoms with Crippen LogP contribution < -0.4 is 0 Å². The maximum atomic E-state index is 6.40. The van der Waals surface area contributed by atoms with Crippen molar-refractivity contribution in [3.05, 3.63) is 114 Å². The first-order valence-electron chi connectivity index (χ1n) is 11.4. The highest BCUT2D eigenvalue weighted by atomic mass is 35.5. The summed E-state index contributed by atoms with van der Waals surface area (Å²) >= 11 is 8.11. The van der Waals surface area contributed by atoms with Crippen LogP contribution in [0.2, 0.25) is 5.28 Å². The molecule has 0 N–H and O–H groups in total. The van der Waals surface area contributed by atoms with E-state index >= 15 is 0 Å². The molecule has 166 valence electrons. The van der Waals surface area contributed by atoms with E-state index in [0.717, 1.165) is 37.6 Å². The van der Waals surface area contributed by atoms with Gasteiger partial charge in [0.1, 0.15) is 0 Å². The van der Waals surface area contributed by atoms with Crippen LogP contribution >= 0.6 is 22.9 Å². The molecule has 0 saturated carbocycles. The predicted octanol–water partition coefficient (Wildman–Crippen LogP) is 8.78. The van der Waals surface area contributed by atoms with Gasteiger partial charge < -0.3 is 4.57 Å². The highest BCUT2D eigenvalue weighted by Crippen LogP contribution is 2.40. The maximum Gasteiger partial charge on any atom is 0.223 e. The van der Waals surface area contributed by atoms with Gasteiger partial charge >= 0.3 is 0 Å². The molecule has 0 radical (unpaired) electrons. The van der Waals surface area contributed by atoms with Gasteiger partial charge in [-0.2, -0.15) is 0 Å². The zero-order chi connectivity index (χ0) is 23.4. The van der Waals surface area contributed by atoms with E-state index in [1.54, 1.807) is 11.3 Å². The van der Waals surface area contributed by atoms with E-state index in [1.807, 2.05) is 12.1 Å². The van der Waals surface area contributed by atoms with Crippen LogP contribution in [-0.4, -0.2) is 14.5 Å². The zero-order valence-electron chi connectivity index (χ0n) is 18.5. The highest BCUT2D eigenvalue weighted by molar-refractivity contribution is 7.22. The summed E-state index contributed by atoms with van der Waals surface area (Å²) in [6, 6.07) is 38.0. The summed E-state index contributed by atoms with van der Waals surface area (Å²) in [5.74, 6) is 0. The molecule has 5 heteroatoms. The quantitative estimate of drug-likeness (QED) is 0.233. The molecule has 3 heterocycles. The molecule has 0 atom stereocenters. The average Bonchev–Trinajstić information content (AvgIpc) is 3.48. The van der Waals surface area contributed by atoms with Gasteiger partial charge in [-0.25, -0.2) is 9.97 Å². The molecule has 0 spiro atoms. The molecule has 3 nitrogen and oxygen atoms in total. The number of aromatic nitrogens is 3. The first kappa shape index (κ1) is 20.4. The van der Waals surface area contributed by atoms with E-state index in [0.29, 0.717) is 0 Å². The van der Waals surface area contributed by atoms with E-state index in [2.05, 4.69) is 112 Å². The number of hydrogen-bond donors (Lipinski definition) is 0. The van der Waals surface area contributed by atoms with Crippen LogP contribution in [0.4, 0.5) is 0 Å². The lowest BCUT2D eigenvalue weighted by atomic mass is 10.1. The lowest BCUT2D eigenvalue weighted by molar-refractivity contribution is 1.18. The Morgan fingerprint density at radius 1 is 0.629 bits per heavy atom. The van der Waals surface area contributed by atoms with Crippen molar-refractivity contribution in [2.75, 3.05) is 0 Å². The summed E-state index contributed by atoms with van der Waals surface area (Å²) < 4.78 is 3.36. The fourth-order valence-electron chi connectivity index (χ4n) is 4.82. The fraction of sp³-hybridized carbons (Fsp3) is 0. The molecular weight excluding hydrogens is 470 g/mol. The predicted molar refractivity (Wildman–Crippen MR) is 148 cm³/mol. The molecule has 0 aliphatic carbocycles. The third-order valence-corrected chi connectivity index (χ3v) is 7.71. The molecule has 0 aliphatic rings. The van der Waals surface area contributed by atoms with Gasteiger partial charge in [0.15, 0.2) is 0 Å². The van der Waals surface area contributed by atoms with E-state index < -0.39 is 0 Å². The topological polar surface area (TPSA) is 30.7 Å². The lowest BCUT2D eigenvalue weighted by Gasteiger charge is -2.08. The molecule has 3 aromatic heterocycles. The maximum absolute atomic E-state index is 6.40. The van der Waals surface area contributed by atoms with Crippen LogP contribution in [0.3, 0.4) is 0 Å². The molecule has 0 saturated heterocycles. The number of thiophene rings is 1. The third-order valence-electron chi connectivity index (χ3n) is 6.36. The molecule has 0 fully saturated rings. The third kappa shape index (κ3) is 3.34. The van der Waals surface area contributed by atoms with Crippen molar-refractivity contribution < 1.29 is 0 Å². The van der Waals surface area contributed by atoms with Crippen LogP contribution in [0.5, 0.6) is 0 Å². The Labute approximate surface area is 210 Å². The van der Waals surface area contributed by atoms with Crippen molar-refractivity contribution in [2.24, 2.45) is 0 Å². The second-order valence-electron chi connectivity index (χ2n) is 8.45. The van der Waals surface area contributed by atoms with Crippen molar-refractivity contribution in [3.8, 4) is 27.4 Å². The standard InChI is InChI=1S/C30H18ClN3S/c31-30-32-24-18-27(19-9-3-1-4-10-19)35-29(24)28(33-30)20-15-16-26-23(17-20)22-13-7-8-14-25(22)34(26)21-11-5-2-6-12-21/h1-18H. The Bertz CT molecular complexity index is 1850. The van der Waals surface area contributed by atoms with Crippen molar-refractivity contribution in [1.82, 2.24) is 14.5 Å². The molecule has 0 bridgehead atoms. The van der Waals surface area contributed by atoms with Gasteiger partial charge in [0, 0.05) is 26.9 Å². The van der Waals surface area contributed by atoms with Crippen LogP contribution in [0.1, 0.15) is 0 Å². The van der Waals surface area contributed by atoms with Gasteiger partial charge in [0.2, 0.25) is 5.28 Å². The fourth-order valence-corrected chi connectivity index (χ4v) is 6.11. The van der Waals surface area contributed by atoms with Crippen molar-refractivity contribution in [3.63, 3.8) is 0 Å². The Kier molecular flexibility index (Phi) is 4.69. The van der Waals surface area contributed by atoms with E-state index in [-0.39, 0.29) is 5.28 Å². The zero-order valence-corrected chi connectivity index (χ0v) is 20.1. The number of hydrogen-bond acceptors (Lipinski definition) is 3. The number of benzene rings is 4. The minimum atomic E-state index is 0.261. The largest absolute Gasteiger partial charge is 0.309 e. The van der Waals surface area contributed by atoms with Crippen LogP contribution in [0.15, 0.2) is 109 Å². The van der Waals surface area contributed by atoms with Gasteiger partial charge in [-0.15, -0.1) is 11.3 Å². The highest BCUT2D eigenvalue weighted by Gasteiger charge is 2.17. The first-order chi connectivity index (χ1) is 17.3. The Hall–Kier alpha value is -3.99. The average molecular weight is 488 g/mol. The Balaban J connectivity index is 1.48. The van der Waals surface area contributed by atoms with Crippen molar-refractivity contribution >= 4 is 55.0 Å². The van der Waals surface area contributed by atoms with Gasteiger partial charge in [-0.3, -0.25) is 0 Å². The van der Waals surface area contributed by atoms with Crippen molar-refractivity contribution in [1.29, 1.82) is 0 Å². The van der Waals surface area contributed by atoms with Gasteiger partial charge in [-0.1, -0.05) is 72.8 Å². The monoisotopic (exact) mass is 487 g/mol. The van der Waals surface area contributed by atoms with Crippen LogP contribution in [0, 0.1) is 0 Å². The Morgan fingerprint density at radius 2 is 1.34 bits per heavy atom.